The van der Waals surface area contributed by atoms with Crippen molar-refractivity contribution in [1.29, 1.82) is 0 Å². The Morgan fingerprint density at radius 3 is 2.44 bits per heavy atom. The predicted octanol–water partition coefficient (Wildman–Crippen LogP) is 0.491. The molecule has 0 heterocycles. The van der Waals surface area contributed by atoms with E-state index in [1.54, 1.807) is 0 Å². The zero-order valence-electron chi connectivity index (χ0n) is 6.60. The molecule has 0 spiro atoms. The first-order valence-electron chi connectivity index (χ1n) is 3.11. The second-order valence-corrected chi connectivity index (χ2v) is 2.07. The van der Waals surface area contributed by atoms with E-state index >= 15 is 0 Å². The molecule has 0 bridgehead atoms. The largest absolute Gasteiger partial charge is 0.308 e. The summed E-state index contributed by atoms with van der Waals surface area (Å²) in [5.74, 6) is 0.961. The fourth-order valence-corrected chi connectivity index (χ4v) is 0.596. The molecule has 0 saturated heterocycles. The molecule has 0 aromatic rings. The molecule has 0 aromatic carbocycles. The van der Waals surface area contributed by atoms with Crippen molar-refractivity contribution < 1.29 is 0 Å². The third kappa shape index (κ3) is 5.30. The SMILES string of the molecule is CCN=C(C)NN(C)C. The highest BCUT2D eigenvalue weighted by molar-refractivity contribution is 5.78. The van der Waals surface area contributed by atoms with Crippen molar-refractivity contribution in [2.24, 2.45) is 4.99 Å². The number of nitrogens with one attached hydrogen (secondary N) is 1. The van der Waals surface area contributed by atoms with E-state index in [9.17, 15) is 0 Å². The number of nitrogens with zero attached hydrogens (tertiary/aromatic N) is 2. The minimum atomic E-state index is 0.840. The van der Waals surface area contributed by atoms with Gasteiger partial charge in [-0.2, -0.15) is 0 Å². The van der Waals surface area contributed by atoms with Crippen molar-refractivity contribution in [1.82, 2.24) is 10.4 Å². The van der Waals surface area contributed by atoms with Gasteiger partial charge < -0.3 is 5.43 Å². The Labute approximate surface area is 56.7 Å². The van der Waals surface area contributed by atoms with Crippen LogP contribution in [0.15, 0.2) is 4.99 Å². The lowest BCUT2D eigenvalue weighted by atomic mass is 10.6. The highest BCUT2D eigenvalue weighted by Crippen LogP contribution is 1.72. The molecule has 0 aromatic heterocycles. The molecule has 0 aliphatic carbocycles. The highest BCUT2D eigenvalue weighted by Gasteiger charge is 1.86. The maximum Gasteiger partial charge on any atom is 0.107 e. The van der Waals surface area contributed by atoms with Crippen molar-refractivity contribution in [3.05, 3.63) is 0 Å². The van der Waals surface area contributed by atoms with E-state index in [4.69, 9.17) is 0 Å². The third-order valence-corrected chi connectivity index (χ3v) is 0.781. The average Bonchev–Trinajstić information content (AvgIpc) is 1.63. The fraction of sp³-hybridized carbons (Fsp3) is 0.833. The van der Waals surface area contributed by atoms with Gasteiger partial charge in [-0.15, -0.1) is 0 Å². The van der Waals surface area contributed by atoms with Crippen LogP contribution < -0.4 is 5.43 Å². The van der Waals surface area contributed by atoms with E-state index in [1.165, 1.54) is 0 Å². The molecule has 3 nitrogen and oxygen atoms in total. The summed E-state index contributed by atoms with van der Waals surface area (Å²) in [5.41, 5.74) is 3.03. The molecule has 0 fully saturated rings. The number of amidine groups is 1. The van der Waals surface area contributed by atoms with Crippen molar-refractivity contribution in [3.63, 3.8) is 0 Å². The van der Waals surface area contributed by atoms with Gasteiger partial charge in [0, 0.05) is 20.6 Å². The molecule has 0 rings (SSSR count). The second-order valence-electron chi connectivity index (χ2n) is 2.07. The van der Waals surface area contributed by atoms with E-state index < -0.39 is 0 Å². The maximum atomic E-state index is 4.13. The van der Waals surface area contributed by atoms with Crippen LogP contribution in [0.2, 0.25) is 0 Å². The molecule has 0 atom stereocenters. The van der Waals surface area contributed by atoms with Gasteiger partial charge in [-0.3, -0.25) is 4.99 Å². The molecule has 1 N–H and O–H groups in total. The van der Waals surface area contributed by atoms with Crippen LogP contribution in [0, 0.1) is 0 Å². The van der Waals surface area contributed by atoms with Gasteiger partial charge in [0.1, 0.15) is 5.84 Å². The topological polar surface area (TPSA) is 27.6 Å². The predicted molar refractivity (Wildman–Crippen MR) is 40.5 cm³/mol. The van der Waals surface area contributed by atoms with Crippen LogP contribution in [-0.2, 0) is 0 Å². The average molecular weight is 129 g/mol. The Balaban J connectivity index is 3.49. The summed E-state index contributed by atoms with van der Waals surface area (Å²) >= 11 is 0. The van der Waals surface area contributed by atoms with E-state index in [0.29, 0.717) is 0 Å². The summed E-state index contributed by atoms with van der Waals surface area (Å²) in [6.07, 6.45) is 0. The van der Waals surface area contributed by atoms with Crippen molar-refractivity contribution >= 4 is 5.84 Å². The summed E-state index contributed by atoms with van der Waals surface area (Å²) in [6, 6.07) is 0. The standard InChI is InChI=1S/C6H15N3/c1-5-7-6(2)8-9(3)4/h5H2,1-4H3,(H,7,8). The van der Waals surface area contributed by atoms with Gasteiger partial charge in [-0.25, -0.2) is 5.01 Å². The summed E-state index contributed by atoms with van der Waals surface area (Å²) in [5, 5.41) is 1.87. The lowest BCUT2D eigenvalue weighted by molar-refractivity contribution is 0.361. The maximum absolute atomic E-state index is 4.13. The van der Waals surface area contributed by atoms with E-state index in [-0.39, 0.29) is 0 Å². The second kappa shape index (κ2) is 4.32. The van der Waals surface area contributed by atoms with Crippen molar-refractivity contribution in [3.8, 4) is 0 Å². The molecular formula is C6H15N3. The number of hydrazine groups is 1. The number of rotatable bonds is 2. The van der Waals surface area contributed by atoms with Gasteiger partial charge in [-0.05, 0) is 13.8 Å². The van der Waals surface area contributed by atoms with Crippen LogP contribution >= 0.6 is 0 Å². The lowest BCUT2D eigenvalue weighted by Crippen LogP contribution is -2.34. The molecule has 0 radical (unpaired) electrons. The molecule has 0 aliphatic rings. The van der Waals surface area contributed by atoms with Crippen LogP contribution in [0.1, 0.15) is 13.8 Å². The molecule has 9 heavy (non-hydrogen) atoms. The van der Waals surface area contributed by atoms with Crippen LogP contribution in [0.3, 0.4) is 0 Å². The molecule has 0 aliphatic heterocycles. The van der Waals surface area contributed by atoms with Crippen molar-refractivity contribution in [2.45, 2.75) is 13.8 Å². The van der Waals surface area contributed by atoms with E-state index in [2.05, 4.69) is 10.4 Å². The monoisotopic (exact) mass is 129 g/mol. The fourth-order valence-electron chi connectivity index (χ4n) is 0.596. The molecule has 0 unspecified atom stereocenters. The normalized spacial score (nSPS) is 12.3. The minimum absolute atomic E-state index is 0.840. The lowest BCUT2D eigenvalue weighted by Gasteiger charge is -2.11. The first-order valence-corrected chi connectivity index (χ1v) is 3.11. The van der Waals surface area contributed by atoms with Crippen LogP contribution in [-0.4, -0.2) is 31.5 Å². The van der Waals surface area contributed by atoms with Gasteiger partial charge in [0.05, 0.1) is 0 Å². The molecule has 0 saturated carbocycles. The quantitative estimate of drug-likeness (QED) is 0.334. The van der Waals surface area contributed by atoms with Gasteiger partial charge >= 0.3 is 0 Å². The Morgan fingerprint density at radius 2 is 2.11 bits per heavy atom. The van der Waals surface area contributed by atoms with Gasteiger partial charge in [0.2, 0.25) is 0 Å². The zero-order chi connectivity index (χ0) is 7.28. The van der Waals surface area contributed by atoms with E-state index in [1.807, 2.05) is 33.0 Å². The Hall–Kier alpha value is -0.570. The summed E-state index contributed by atoms with van der Waals surface area (Å²) < 4.78 is 0. The minimum Gasteiger partial charge on any atom is -0.308 e. The van der Waals surface area contributed by atoms with Crippen LogP contribution in [0.25, 0.3) is 0 Å². The number of hydrogen-bond donors (Lipinski definition) is 1. The number of hydrogen-bond acceptors (Lipinski definition) is 2. The Morgan fingerprint density at radius 1 is 1.56 bits per heavy atom. The summed E-state index contributed by atoms with van der Waals surface area (Å²) in [4.78, 5) is 4.13. The third-order valence-electron chi connectivity index (χ3n) is 0.781. The summed E-state index contributed by atoms with van der Waals surface area (Å²) in [6.45, 7) is 4.80. The van der Waals surface area contributed by atoms with E-state index in [0.717, 1.165) is 12.4 Å². The van der Waals surface area contributed by atoms with Crippen LogP contribution in [0.4, 0.5) is 0 Å². The highest BCUT2D eigenvalue weighted by atomic mass is 15.5. The first kappa shape index (κ1) is 8.43. The Kier molecular flexibility index (Phi) is 4.05. The molecule has 3 heteroatoms. The smallest absolute Gasteiger partial charge is 0.107 e. The molecule has 54 valence electrons. The Bertz CT molecular complexity index is 96.5. The van der Waals surface area contributed by atoms with Crippen LogP contribution in [0.5, 0.6) is 0 Å². The van der Waals surface area contributed by atoms with Gasteiger partial charge in [0.25, 0.3) is 0 Å². The zero-order valence-corrected chi connectivity index (χ0v) is 6.60. The van der Waals surface area contributed by atoms with Gasteiger partial charge in [-0.1, -0.05) is 0 Å². The molecule has 0 amide bonds. The summed E-state index contributed by atoms with van der Waals surface area (Å²) in [7, 11) is 3.88. The molecular weight excluding hydrogens is 114 g/mol. The number of aliphatic imine (C=N–C) groups is 1. The van der Waals surface area contributed by atoms with Crippen molar-refractivity contribution in [2.75, 3.05) is 20.6 Å². The first-order chi connectivity index (χ1) is 4.16. The van der Waals surface area contributed by atoms with Gasteiger partial charge in [0.15, 0.2) is 0 Å².